The zero-order valence-electron chi connectivity index (χ0n) is 16.6. The number of nitrogens with zero attached hydrogens (tertiary/aromatic N) is 1. The van der Waals surface area contributed by atoms with Crippen molar-refractivity contribution >= 4 is 23.4 Å². The first-order valence-corrected chi connectivity index (χ1v) is 9.55. The van der Waals surface area contributed by atoms with Crippen LogP contribution in [0.3, 0.4) is 0 Å². The Morgan fingerprint density at radius 1 is 1.00 bits per heavy atom. The van der Waals surface area contributed by atoms with E-state index in [1.54, 1.807) is 66.7 Å². The second kappa shape index (κ2) is 8.31. The van der Waals surface area contributed by atoms with Crippen LogP contribution in [0.1, 0.15) is 33.3 Å². The minimum absolute atomic E-state index is 0.0198. The van der Waals surface area contributed by atoms with Crippen molar-refractivity contribution in [2.75, 3.05) is 7.11 Å². The Bertz CT molecular complexity index is 1150. The van der Waals surface area contributed by atoms with Gasteiger partial charge in [-0.05, 0) is 29.8 Å². The van der Waals surface area contributed by atoms with Crippen LogP contribution in [0.4, 0.5) is 0 Å². The molecule has 1 aromatic heterocycles. The predicted molar refractivity (Wildman–Crippen MR) is 111 cm³/mol. The highest BCUT2D eigenvalue weighted by molar-refractivity contribution is 6.46. The van der Waals surface area contributed by atoms with Gasteiger partial charge in [-0.2, -0.15) is 0 Å². The molecular weight excluding hydrogens is 398 g/mol. The van der Waals surface area contributed by atoms with Crippen LogP contribution in [0, 0.1) is 0 Å². The van der Waals surface area contributed by atoms with Crippen molar-refractivity contribution in [3.05, 3.63) is 101 Å². The summed E-state index contributed by atoms with van der Waals surface area (Å²) in [7, 11) is 1.29. The van der Waals surface area contributed by atoms with Gasteiger partial charge in [-0.3, -0.25) is 9.59 Å². The first kappa shape index (κ1) is 20.2. The van der Waals surface area contributed by atoms with Gasteiger partial charge < -0.3 is 19.2 Å². The second-order valence-corrected chi connectivity index (χ2v) is 6.99. The van der Waals surface area contributed by atoms with Gasteiger partial charge >= 0.3 is 5.97 Å². The molecule has 31 heavy (non-hydrogen) atoms. The molecular formula is C24H19NO6. The van der Waals surface area contributed by atoms with Crippen LogP contribution in [-0.2, 0) is 20.9 Å². The maximum atomic E-state index is 13.0. The molecule has 156 valence electrons. The number of aliphatic hydroxyl groups is 1. The van der Waals surface area contributed by atoms with Crippen molar-refractivity contribution in [2.45, 2.75) is 12.6 Å². The molecule has 2 heterocycles. The van der Waals surface area contributed by atoms with Crippen LogP contribution in [-0.4, -0.2) is 34.8 Å². The number of carbonyl (C=O) groups is 3. The molecule has 4 rings (SSSR count). The van der Waals surface area contributed by atoms with E-state index in [2.05, 4.69) is 0 Å². The van der Waals surface area contributed by atoms with Crippen LogP contribution >= 0.6 is 0 Å². The number of aliphatic hydroxyl groups excluding tert-OH is 1. The van der Waals surface area contributed by atoms with Crippen LogP contribution in [0.2, 0.25) is 0 Å². The summed E-state index contributed by atoms with van der Waals surface area (Å²) in [4.78, 5) is 39.0. The zero-order valence-corrected chi connectivity index (χ0v) is 16.6. The zero-order chi connectivity index (χ0) is 22.0. The highest BCUT2D eigenvalue weighted by Gasteiger charge is 2.46. The third-order valence-electron chi connectivity index (χ3n) is 5.14. The lowest BCUT2D eigenvalue weighted by atomic mass is 9.94. The summed E-state index contributed by atoms with van der Waals surface area (Å²) >= 11 is 0. The standard InChI is InChI=1S/C24H19NO6/c1-30-24(29)17-11-9-15(10-12-17)20-19(21(26)16-6-3-2-4-7-16)22(27)23(28)25(20)14-18-8-5-13-31-18/h2-13,20,26H,14H2,1H3/b21-19+/t20-/m1/s1. The second-order valence-electron chi connectivity index (χ2n) is 6.99. The molecule has 1 saturated heterocycles. The molecule has 0 saturated carbocycles. The fourth-order valence-corrected chi connectivity index (χ4v) is 3.63. The Kier molecular flexibility index (Phi) is 5.41. The molecule has 1 aliphatic rings. The molecule has 1 N–H and O–H groups in total. The summed E-state index contributed by atoms with van der Waals surface area (Å²) in [5.74, 6) is -1.79. The van der Waals surface area contributed by atoms with Gasteiger partial charge in [-0.1, -0.05) is 42.5 Å². The number of benzene rings is 2. The molecule has 7 heteroatoms. The van der Waals surface area contributed by atoms with E-state index in [4.69, 9.17) is 9.15 Å². The number of furan rings is 1. The number of methoxy groups -OCH3 is 1. The molecule has 0 spiro atoms. The molecule has 0 aliphatic carbocycles. The summed E-state index contributed by atoms with van der Waals surface area (Å²) < 4.78 is 10.1. The number of hydrogen-bond acceptors (Lipinski definition) is 6. The third kappa shape index (κ3) is 3.73. The Morgan fingerprint density at radius 2 is 1.71 bits per heavy atom. The molecule has 1 fully saturated rings. The number of likely N-dealkylation sites (tertiary alicyclic amines) is 1. The normalized spacial score (nSPS) is 17.7. The first-order valence-electron chi connectivity index (χ1n) is 9.55. The average molecular weight is 417 g/mol. The first-order chi connectivity index (χ1) is 15.0. The van der Waals surface area contributed by atoms with E-state index in [-0.39, 0.29) is 17.9 Å². The largest absolute Gasteiger partial charge is 0.507 e. The van der Waals surface area contributed by atoms with Gasteiger partial charge in [0.2, 0.25) is 0 Å². The van der Waals surface area contributed by atoms with Gasteiger partial charge in [0.25, 0.3) is 11.7 Å². The Morgan fingerprint density at radius 3 is 2.32 bits per heavy atom. The fourth-order valence-electron chi connectivity index (χ4n) is 3.63. The molecule has 0 unspecified atom stereocenters. The van der Waals surface area contributed by atoms with Crippen molar-refractivity contribution < 1.29 is 28.6 Å². The van der Waals surface area contributed by atoms with E-state index < -0.39 is 23.7 Å². The molecule has 1 atom stereocenters. The monoisotopic (exact) mass is 417 g/mol. The van der Waals surface area contributed by atoms with Gasteiger partial charge in [0.05, 0.1) is 37.1 Å². The number of rotatable bonds is 5. The minimum Gasteiger partial charge on any atom is -0.507 e. The smallest absolute Gasteiger partial charge is 0.337 e. The number of esters is 1. The van der Waals surface area contributed by atoms with Gasteiger partial charge in [0.1, 0.15) is 11.5 Å². The van der Waals surface area contributed by atoms with Crippen molar-refractivity contribution in [3.8, 4) is 0 Å². The summed E-state index contributed by atoms with van der Waals surface area (Å²) in [5.41, 5.74) is 1.30. The number of ketones is 1. The topological polar surface area (TPSA) is 97.0 Å². The van der Waals surface area contributed by atoms with Crippen LogP contribution in [0.25, 0.3) is 5.76 Å². The number of amides is 1. The Balaban J connectivity index is 1.84. The predicted octanol–water partition coefficient (Wildman–Crippen LogP) is 3.69. The highest BCUT2D eigenvalue weighted by atomic mass is 16.5. The van der Waals surface area contributed by atoms with Gasteiger partial charge in [-0.15, -0.1) is 0 Å². The molecule has 1 aliphatic heterocycles. The van der Waals surface area contributed by atoms with Crippen molar-refractivity contribution in [3.63, 3.8) is 0 Å². The molecule has 0 bridgehead atoms. The maximum Gasteiger partial charge on any atom is 0.337 e. The number of Topliss-reactive ketones (excluding diaryl/α,β-unsaturated/α-hetero) is 1. The van der Waals surface area contributed by atoms with Crippen LogP contribution in [0.15, 0.2) is 83.0 Å². The van der Waals surface area contributed by atoms with E-state index in [9.17, 15) is 19.5 Å². The van der Waals surface area contributed by atoms with E-state index in [0.717, 1.165) is 0 Å². The summed E-state index contributed by atoms with van der Waals surface area (Å²) in [6.45, 7) is 0.0482. The van der Waals surface area contributed by atoms with E-state index in [1.807, 2.05) is 0 Å². The van der Waals surface area contributed by atoms with Gasteiger partial charge in [-0.25, -0.2) is 4.79 Å². The highest BCUT2D eigenvalue weighted by Crippen LogP contribution is 2.40. The average Bonchev–Trinajstić information content (AvgIpc) is 3.41. The van der Waals surface area contributed by atoms with Gasteiger partial charge in [0, 0.05) is 5.56 Å². The van der Waals surface area contributed by atoms with E-state index >= 15 is 0 Å². The van der Waals surface area contributed by atoms with Crippen molar-refractivity contribution in [2.24, 2.45) is 0 Å². The molecule has 1 amide bonds. The molecule has 2 aromatic carbocycles. The molecule has 0 radical (unpaired) electrons. The van der Waals surface area contributed by atoms with E-state index in [1.165, 1.54) is 18.3 Å². The van der Waals surface area contributed by atoms with Crippen LogP contribution in [0.5, 0.6) is 0 Å². The Labute approximate surface area is 178 Å². The lowest BCUT2D eigenvalue weighted by molar-refractivity contribution is -0.140. The van der Waals surface area contributed by atoms with Crippen molar-refractivity contribution in [1.29, 1.82) is 0 Å². The quantitative estimate of drug-likeness (QED) is 0.294. The van der Waals surface area contributed by atoms with Crippen LogP contribution < -0.4 is 0 Å². The fraction of sp³-hybridized carbons (Fsp3) is 0.125. The molecule has 3 aromatic rings. The number of carbonyl (C=O) groups excluding carboxylic acids is 3. The summed E-state index contributed by atoms with van der Waals surface area (Å²) in [6.07, 6.45) is 1.48. The Hall–Kier alpha value is -4.13. The third-order valence-corrected chi connectivity index (χ3v) is 5.14. The minimum atomic E-state index is -0.850. The molecule has 7 nitrogen and oxygen atoms in total. The number of ether oxygens (including phenoxy) is 1. The summed E-state index contributed by atoms with van der Waals surface area (Å²) in [5, 5.41) is 10.9. The van der Waals surface area contributed by atoms with E-state index in [0.29, 0.717) is 22.5 Å². The lowest BCUT2D eigenvalue weighted by Crippen LogP contribution is -2.29. The number of hydrogen-bond donors (Lipinski definition) is 1. The van der Waals surface area contributed by atoms with Crippen molar-refractivity contribution in [1.82, 2.24) is 4.90 Å². The SMILES string of the molecule is COC(=O)c1ccc([C@@H]2/C(=C(\O)c3ccccc3)C(=O)C(=O)N2Cc2ccco2)cc1. The maximum absolute atomic E-state index is 13.0. The lowest BCUT2D eigenvalue weighted by Gasteiger charge is -2.24. The van der Waals surface area contributed by atoms with Gasteiger partial charge in [0.15, 0.2) is 0 Å². The summed E-state index contributed by atoms with van der Waals surface area (Å²) in [6, 6.07) is 17.5.